The van der Waals surface area contributed by atoms with Gasteiger partial charge in [-0.05, 0) is 44.7 Å². The van der Waals surface area contributed by atoms with Crippen LogP contribution in [0.3, 0.4) is 0 Å². The summed E-state index contributed by atoms with van der Waals surface area (Å²) in [6.07, 6.45) is 3.99. The summed E-state index contributed by atoms with van der Waals surface area (Å²) in [5, 5.41) is 3.52. The van der Waals surface area contributed by atoms with E-state index in [0.29, 0.717) is 11.5 Å². The van der Waals surface area contributed by atoms with Crippen molar-refractivity contribution in [2.45, 2.75) is 53.0 Å². The Balaban J connectivity index is 2.29. The summed E-state index contributed by atoms with van der Waals surface area (Å²) in [7, 11) is 0. The van der Waals surface area contributed by atoms with E-state index in [9.17, 15) is 0 Å². The first kappa shape index (κ1) is 13.0. The van der Waals surface area contributed by atoms with Gasteiger partial charge in [0, 0.05) is 19.1 Å². The van der Waals surface area contributed by atoms with Crippen LogP contribution in [0.25, 0.3) is 0 Å². The third-order valence-electron chi connectivity index (χ3n) is 3.42. The summed E-state index contributed by atoms with van der Waals surface area (Å²) in [5.41, 5.74) is 0.525. The molecule has 0 aromatic carbocycles. The zero-order valence-corrected chi connectivity index (χ0v) is 11.0. The minimum absolute atomic E-state index is 0.525. The van der Waals surface area contributed by atoms with Crippen molar-refractivity contribution in [3.05, 3.63) is 0 Å². The van der Waals surface area contributed by atoms with Gasteiger partial charge in [-0.1, -0.05) is 20.8 Å². The first-order valence-electron chi connectivity index (χ1n) is 6.50. The highest BCUT2D eigenvalue weighted by molar-refractivity contribution is 4.83. The summed E-state index contributed by atoms with van der Waals surface area (Å²) < 4.78 is 0. The van der Waals surface area contributed by atoms with Crippen molar-refractivity contribution in [3.63, 3.8) is 0 Å². The van der Waals surface area contributed by atoms with Crippen molar-refractivity contribution in [2.75, 3.05) is 26.2 Å². The highest BCUT2D eigenvalue weighted by Crippen LogP contribution is 2.29. The van der Waals surface area contributed by atoms with Crippen molar-refractivity contribution in [2.24, 2.45) is 5.41 Å². The van der Waals surface area contributed by atoms with Gasteiger partial charge in [-0.25, -0.2) is 0 Å². The predicted octanol–water partition coefficient (Wildman–Crippen LogP) is 2.50. The predicted molar refractivity (Wildman–Crippen MR) is 67.2 cm³/mol. The molecule has 1 N–H and O–H groups in total. The van der Waals surface area contributed by atoms with Crippen LogP contribution in [-0.4, -0.2) is 37.1 Å². The summed E-state index contributed by atoms with van der Waals surface area (Å²) >= 11 is 0. The van der Waals surface area contributed by atoms with Crippen molar-refractivity contribution in [3.8, 4) is 0 Å². The number of piperidine rings is 1. The van der Waals surface area contributed by atoms with Gasteiger partial charge in [-0.3, -0.25) is 4.90 Å². The van der Waals surface area contributed by atoms with Crippen LogP contribution in [-0.2, 0) is 0 Å². The third-order valence-corrected chi connectivity index (χ3v) is 3.42. The fourth-order valence-corrected chi connectivity index (χ4v) is 2.46. The van der Waals surface area contributed by atoms with Crippen LogP contribution in [0.1, 0.15) is 47.0 Å². The quantitative estimate of drug-likeness (QED) is 0.704. The maximum absolute atomic E-state index is 3.52. The minimum Gasteiger partial charge on any atom is -0.315 e. The Hall–Kier alpha value is -0.0800. The Morgan fingerprint density at radius 3 is 2.73 bits per heavy atom. The van der Waals surface area contributed by atoms with E-state index in [2.05, 4.69) is 37.9 Å². The molecule has 0 radical (unpaired) electrons. The van der Waals surface area contributed by atoms with Crippen molar-refractivity contribution in [1.29, 1.82) is 0 Å². The number of nitrogens with one attached hydrogen (secondary N) is 1. The van der Waals surface area contributed by atoms with Crippen LogP contribution >= 0.6 is 0 Å². The molecule has 1 aliphatic heterocycles. The monoisotopic (exact) mass is 212 g/mol. The number of likely N-dealkylation sites (tertiary alicyclic amines) is 1. The lowest BCUT2D eigenvalue weighted by molar-refractivity contribution is 0.0843. The minimum atomic E-state index is 0.525. The number of hydrogen-bond donors (Lipinski definition) is 1. The van der Waals surface area contributed by atoms with Gasteiger partial charge in [0.15, 0.2) is 0 Å². The molecule has 15 heavy (non-hydrogen) atoms. The second-order valence-corrected chi connectivity index (χ2v) is 5.79. The standard InChI is InChI=1S/C13H28N2/c1-5-8-14-10-12(2)15-9-6-7-13(3,4)11-15/h12,14H,5-11H2,1-4H3. The molecule has 0 spiro atoms. The van der Waals surface area contributed by atoms with Gasteiger partial charge < -0.3 is 5.32 Å². The fraction of sp³-hybridized carbons (Fsp3) is 1.00. The maximum atomic E-state index is 3.52. The highest BCUT2D eigenvalue weighted by atomic mass is 15.2. The number of nitrogens with zero attached hydrogens (tertiary/aromatic N) is 1. The molecule has 1 saturated heterocycles. The van der Waals surface area contributed by atoms with Crippen molar-refractivity contribution < 1.29 is 0 Å². The topological polar surface area (TPSA) is 15.3 Å². The molecule has 2 nitrogen and oxygen atoms in total. The van der Waals surface area contributed by atoms with E-state index in [1.807, 2.05) is 0 Å². The molecule has 0 aromatic heterocycles. The molecular weight excluding hydrogens is 184 g/mol. The van der Waals surface area contributed by atoms with Gasteiger partial charge in [0.1, 0.15) is 0 Å². The lowest BCUT2D eigenvalue weighted by Gasteiger charge is -2.41. The van der Waals surface area contributed by atoms with E-state index in [-0.39, 0.29) is 0 Å². The van der Waals surface area contributed by atoms with Gasteiger partial charge in [0.2, 0.25) is 0 Å². The van der Waals surface area contributed by atoms with E-state index in [1.54, 1.807) is 0 Å². The highest BCUT2D eigenvalue weighted by Gasteiger charge is 2.28. The van der Waals surface area contributed by atoms with Gasteiger partial charge in [0.25, 0.3) is 0 Å². The van der Waals surface area contributed by atoms with Crippen LogP contribution < -0.4 is 5.32 Å². The maximum Gasteiger partial charge on any atom is 0.0192 e. The van der Waals surface area contributed by atoms with Crippen molar-refractivity contribution in [1.82, 2.24) is 10.2 Å². The van der Waals surface area contributed by atoms with E-state index in [4.69, 9.17) is 0 Å². The normalized spacial score (nSPS) is 24.0. The van der Waals surface area contributed by atoms with Crippen LogP contribution in [0, 0.1) is 5.41 Å². The molecule has 0 bridgehead atoms. The molecular formula is C13H28N2. The molecule has 2 heteroatoms. The first-order valence-corrected chi connectivity index (χ1v) is 6.50. The van der Waals surface area contributed by atoms with Crippen LogP contribution in [0.2, 0.25) is 0 Å². The SMILES string of the molecule is CCCNCC(C)N1CCCC(C)(C)C1. The Bertz CT molecular complexity index is 177. The lowest BCUT2D eigenvalue weighted by atomic mass is 9.83. The zero-order chi connectivity index (χ0) is 11.3. The van der Waals surface area contributed by atoms with Crippen LogP contribution in [0.5, 0.6) is 0 Å². The van der Waals surface area contributed by atoms with Crippen LogP contribution in [0.4, 0.5) is 0 Å². The first-order chi connectivity index (χ1) is 7.05. The molecule has 0 amide bonds. The number of rotatable bonds is 5. The summed E-state index contributed by atoms with van der Waals surface area (Å²) in [6.45, 7) is 14.2. The Morgan fingerprint density at radius 2 is 2.13 bits per heavy atom. The summed E-state index contributed by atoms with van der Waals surface area (Å²) in [6, 6.07) is 0.691. The van der Waals surface area contributed by atoms with E-state index in [1.165, 1.54) is 32.4 Å². The van der Waals surface area contributed by atoms with Crippen LogP contribution in [0.15, 0.2) is 0 Å². The molecule has 1 unspecified atom stereocenters. The van der Waals surface area contributed by atoms with Gasteiger partial charge in [0.05, 0.1) is 0 Å². The molecule has 1 heterocycles. The average Bonchev–Trinajstić information content (AvgIpc) is 2.16. The van der Waals surface area contributed by atoms with E-state index >= 15 is 0 Å². The van der Waals surface area contributed by atoms with Gasteiger partial charge in [-0.15, -0.1) is 0 Å². The zero-order valence-electron chi connectivity index (χ0n) is 11.0. The molecule has 90 valence electrons. The van der Waals surface area contributed by atoms with Gasteiger partial charge in [-0.2, -0.15) is 0 Å². The number of hydrogen-bond acceptors (Lipinski definition) is 2. The molecule has 1 rings (SSSR count). The average molecular weight is 212 g/mol. The van der Waals surface area contributed by atoms with Gasteiger partial charge >= 0.3 is 0 Å². The molecule has 1 fully saturated rings. The van der Waals surface area contributed by atoms with E-state index in [0.717, 1.165) is 13.1 Å². The molecule has 1 aliphatic rings. The van der Waals surface area contributed by atoms with Crippen molar-refractivity contribution >= 4 is 0 Å². The summed E-state index contributed by atoms with van der Waals surface area (Å²) in [5.74, 6) is 0. The Kier molecular flexibility index (Phi) is 5.07. The largest absolute Gasteiger partial charge is 0.315 e. The molecule has 1 atom stereocenters. The Morgan fingerprint density at radius 1 is 1.40 bits per heavy atom. The lowest BCUT2D eigenvalue weighted by Crippen LogP contribution is -2.48. The second kappa shape index (κ2) is 5.86. The summed E-state index contributed by atoms with van der Waals surface area (Å²) in [4.78, 5) is 2.64. The smallest absolute Gasteiger partial charge is 0.0192 e. The Labute approximate surface area is 95.4 Å². The molecule has 0 aromatic rings. The van der Waals surface area contributed by atoms with E-state index < -0.39 is 0 Å². The molecule has 0 aliphatic carbocycles. The molecule has 0 saturated carbocycles. The second-order valence-electron chi connectivity index (χ2n) is 5.79. The third kappa shape index (κ3) is 4.52. The fourth-order valence-electron chi connectivity index (χ4n) is 2.46.